The molecule has 0 aliphatic carbocycles. The van der Waals surface area contributed by atoms with Crippen LogP contribution in [0.5, 0.6) is 0 Å². The zero-order valence-corrected chi connectivity index (χ0v) is 9.75. The molecule has 0 aliphatic rings. The summed E-state index contributed by atoms with van der Waals surface area (Å²) >= 11 is 7.13. The van der Waals surface area contributed by atoms with E-state index in [0.717, 1.165) is 4.88 Å². The smallest absolute Gasteiger partial charge is 0.229 e. The number of nitrogens with zero attached hydrogens (tertiary/aromatic N) is 5. The topological polar surface area (TPSA) is 54.8 Å². The van der Waals surface area contributed by atoms with Crippen LogP contribution in [0.3, 0.4) is 0 Å². The first-order valence-corrected chi connectivity index (χ1v) is 5.32. The molecule has 0 N–H and O–H groups in total. The second-order valence-corrected chi connectivity index (χ2v) is 4.17. The number of halogens is 1. The molecule has 0 spiro atoms. The first-order valence-electron chi connectivity index (χ1n) is 4.17. The van der Waals surface area contributed by atoms with Gasteiger partial charge in [0.1, 0.15) is 0 Å². The van der Waals surface area contributed by atoms with Crippen LogP contribution in [0.2, 0.25) is 5.28 Å². The highest BCUT2D eigenvalue weighted by molar-refractivity contribution is 7.09. The molecule has 2 aromatic rings. The number of hydrogen-bond acceptors (Lipinski definition) is 6. The maximum absolute atomic E-state index is 5.81. The van der Waals surface area contributed by atoms with Crippen molar-refractivity contribution in [2.75, 3.05) is 19.0 Å². The molecule has 0 atom stereocenters. The molecule has 2 aromatic heterocycles. The molecule has 0 amide bonds. The third kappa shape index (κ3) is 2.21. The molecule has 0 aromatic carbocycles. The Kier molecular flexibility index (Phi) is 2.79. The molecule has 0 fully saturated rings. The van der Waals surface area contributed by atoms with Crippen molar-refractivity contribution < 1.29 is 0 Å². The molecule has 0 saturated heterocycles. The van der Waals surface area contributed by atoms with Crippen molar-refractivity contribution in [3.63, 3.8) is 0 Å². The molecule has 2 rings (SSSR count). The molecular weight excluding hydrogens is 234 g/mol. The van der Waals surface area contributed by atoms with E-state index in [2.05, 4.69) is 19.3 Å². The Labute approximate surface area is 95.9 Å². The minimum atomic E-state index is 0.192. The largest absolute Gasteiger partial charge is 0.347 e. The molecule has 0 aliphatic heterocycles. The lowest BCUT2D eigenvalue weighted by Gasteiger charge is -2.09. The van der Waals surface area contributed by atoms with Crippen molar-refractivity contribution in [2.24, 2.45) is 0 Å². The third-order valence-electron chi connectivity index (χ3n) is 1.65. The predicted octanol–water partition coefficient (Wildman–Crippen LogP) is 1.71. The summed E-state index contributed by atoms with van der Waals surface area (Å²) < 4.78 is 3.99. The summed E-state index contributed by atoms with van der Waals surface area (Å²) in [5, 5.41) is 0.192. The molecule has 78 valence electrons. The van der Waals surface area contributed by atoms with E-state index in [0.29, 0.717) is 11.8 Å². The van der Waals surface area contributed by atoms with Gasteiger partial charge in [-0.15, -0.1) is 0 Å². The molecule has 7 heteroatoms. The van der Waals surface area contributed by atoms with Gasteiger partial charge >= 0.3 is 0 Å². The fraction of sp³-hybridized carbons (Fsp3) is 0.250. The Morgan fingerprint density at radius 2 is 2.07 bits per heavy atom. The molecule has 15 heavy (non-hydrogen) atoms. The van der Waals surface area contributed by atoms with E-state index in [1.165, 1.54) is 11.5 Å². The molecule has 0 unspecified atom stereocenters. The molecule has 0 bridgehead atoms. The second kappa shape index (κ2) is 4.08. The van der Waals surface area contributed by atoms with Gasteiger partial charge in [0.25, 0.3) is 0 Å². The van der Waals surface area contributed by atoms with Gasteiger partial charge in [-0.05, 0) is 29.2 Å². The van der Waals surface area contributed by atoms with Gasteiger partial charge < -0.3 is 4.90 Å². The molecular formula is C8H8ClN5S. The van der Waals surface area contributed by atoms with Crippen molar-refractivity contribution in [2.45, 2.75) is 0 Å². The quantitative estimate of drug-likeness (QED) is 0.801. The van der Waals surface area contributed by atoms with E-state index in [1.54, 1.807) is 11.1 Å². The van der Waals surface area contributed by atoms with Crippen molar-refractivity contribution >= 4 is 29.1 Å². The van der Waals surface area contributed by atoms with E-state index in [4.69, 9.17) is 11.6 Å². The van der Waals surface area contributed by atoms with E-state index in [-0.39, 0.29) is 5.28 Å². The third-order valence-corrected chi connectivity index (χ3v) is 2.57. The lowest BCUT2D eigenvalue weighted by molar-refractivity contribution is 0.964. The number of hydrogen-bond donors (Lipinski definition) is 0. The first kappa shape index (κ1) is 10.3. The number of anilines is 1. The lowest BCUT2D eigenvalue weighted by atomic mass is 10.5. The van der Waals surface area contributed by atoms with Crippen molar-refractivity contribution in [3.05, 3.63) is 17.5 Å². The summed E-state index contributed by atoms with van der Waals surface area (Å²) in [7, 11) is 3.70. The summed E-state index contributed by atoms with van der Waals surface area (Å²) in [5.74, 6) is 1.10. The average molecular weight is 242 g/mol. The number of rotatable bonds is 2. The van der Waals surface area contributed by atoms with Crippen molar-refractivity contribution in [1.29, 1.82) is 0 Å². The fourth-order valence-electron chi connectivity index (χ4n) is 0.981. The van der Waals surface area contributed by atoms with E-state index < -0.39 is 0 Å². The van der Waals surface area contributed by atoms with Gasteiger partial charge in [0.2, 0.25) is 11.2 Å². The minimum Gasteiger partial charge on any atom is -0.347 e. The zero-order valence-electron chi connectivity index (χ0n) is 8.18. The van der Waals surface area contributed by atoms with Crippen LogP contribution >= 0.6 is 23.1 Å². The zero-order chi connectivity index (χ0) is 10.8. The molecule has 2 heterocycles. The first-order chi connectivity index (χ1) is 7.16. The Balaban J connectivity index is 2.49. The van der Waals surface area contributed by atoms with E-state index in [1.807, 2.05) is 20.2 Å². The predicted molar refractivity (Wildman–Crippen MR) is 60.3 cm³/mol. The minimum absolute atomic E-state index is 0.192. The second-order valence-electron chi connectivity index (χ2n) is 3.00. The van der Waals surface area contributed by atoms with Gasteiger partial charge in [-0.3, -0.25) is 0 Å². The lowest BCUT2D eigenvalue weighted by Crippen LogP contribution is -2.13. The highest BCUT2D eigenvalue weighted by Crippen LogP contribution is 2.21. The van der Waals surface area contributed by atoms with Crippen molar-refractivity contribution in [3.8, 4) is 10.7 Å². The normalized spacial score (nSPS) is 10.3. The van der Waals surface area contributed by atoms with Gasteiger partial charge in [0.15, 0.2) is 5.82 Å². The number of aromatic nitrogens is 4. The fourth-order valence-corrected chi connectivity index (χ4v) is 1.67. The Hall–Kier alpha value is -1.27. The Morgan fingerprint density at radius 1 is 1.27 bits per heavy atom. The van der Waals surface area contributed by atoms with Gasteiger partial charge in [-0.1, -0.05) is 0 Å². The summed E-state index contributed by atoms with van der Waals surface area (Å²) in [6.07, 6.45) is 1.70. The summed E-state index contributed by atoms with van der Waals surface area (Å²) in [4.78, 5) is 15.0. The van der Waals surface area contributed by atoms with Crippen molar-refractivity contribution in [1.82, 2.24) is 19.3 Å². The maximum atomic E-state index is 5.81. The monoisotopic (exact) mass is 241 g/mol. The van der Waals surface area contributed by atoms with Crippen LogP contribution in [-0.2, 0) is 0 Å². The Bertz CT molecular complexity index is 456. The van der Waals surface area contributed by atoms with Gasteiger partial charge in [0, 0.05) is 20.3 Å². The highest BCUT2D eigenvalue weighted by atomic mass is 35.5. The van der Waals surface area contributed by atoms with Crippen LogP contribution in [0.15, 0.2) is 12.3 Å². The summed E-state index contributed by atoms with van der Waals surface area (Å²) in [6.45, 7) is 0. The maximum Gasteiger partial charge on any atom is 0.229 e. The summed E-state index contributed by atoms with van der Waals surface area (Å²) in [5.41, 5.74) is 0. The molecule has 5 nitrogen and oxygen atoms in total. The van der Waals surface area contributed by atoms with E-state index >= 15 is 0 Å². The van der Waals surface area contributed by atoms with Crippen LogP contribution in [0.4, 0.5) is 5.95 Å². The standard InChI is InChI=1S/C8H8ClN5S/c1-14(2)8-12-6(11-7(9)13-8)5-3-4-10-15-5/h3-4H,1-2H3. The van der Waals surface area contributed by atoms with E-state index in [9.17, 15) is 0 Å². The Morgan fingerprint density at radius 3 is 2.67 bits per heavy atom. The molecule has 0 radical (unpaired) electrons. The van der Waals surface area contributed by atoms with Crippen LogP contribution in [0.25, 0.3) is 10.7 Å². The van der Waals surface area contributed by atoms with Crippen LogP contribution in [0, 0.1) is 0 Å². The van der Waals surface area contributed by atoms with Crippen LogP contribution < -0.4 is 4.90 Å². The van der Waals surface area contributed by atoms with Gasteiger partial charge in [-0.2, -0.15) is 15.0 Å². The van der Waals surface area contributed by atoms with Gasteiger partial charge in [-0.25, -0.2) is 4.37 Å². The van der Waals surface area contributed by atoms with Crippen LogP contribution in [-0.4, -0.2) is 33.4 Å². The van der Waals surface area contributed by atoms with Gasteiger partial charge in [0.05, 0.1) is 4.88 Å². The SMILES string of the molecule is CN(C)c1nc(Cl)nc(-c2ccns2)n1. The van der Waals surface area contributed by atoms with Crippen LogP contribution in [0.1, 0.15) is 0 Å². The highest BCUT2D eigenvalue weighted by Gasteiger charge is 2.09. The summed E-state index contributed by atoms with van der Waals surface area (Å²) in [6, 6.07) is 1.84. The molecule has 0 saturated carbocycles. The average Bonchev–Trinajstić information content (AvgIpc) is 2.69.